The molecular weight excluding hydrogens is 334 g/mol. The van der Waals surface area contributed by atoms with Crippen molar-refractivity contribution in [3.05, 3.63) is 64.7 Å². The highest BCUT2D eigenvalue weighted by molar-refractivity contribution is 6.31. The minimum Gasteiger partial charge on any atom is -0.497 e. The molecule has 0 amide bonds. The van der Waals surface area contributed by atoms with Crippen LogP contribution >= 0.6 is 11.6 Å². The molecule has 2 aromatic carbocycles. The van der Waals surface area contributed by atoms with Crippen molar-refractivity contribution in [2.45, 2.75) is 32.4 Å². The molecule has 2 aromatic rings. The second-order valence-electron chi connectivity index (χ2n) is 7.26. The van der Waals surface area contributed by atoms with Crippen LogP contribution in [0.15, 0.2) is 48.5 Å². The van der Waals surface area contributed by atoms with Gasteiger partial charge in [-0.25, -0.2) is 5.06 Å². The first-order valence-electron chi connectivity index (χ1n) is 8.56. The smallest absolute Gasteiger partial charge is 0.118 e. The zero-order valence-corrected chi connectivity index (χ0v) is 15.5. The van der Waals surface area contributed by atoms with Crippen molar-refractivity contribution in [3.8, 4) is 5.75 Å². The lowest BCUT2D eigenvalue weighted by atomic mass is 9.78. The maximum atomic E-state index is 6.37. The first-order valence-corrected chi connectivity index (χ1v) is 8.94. The van der Waals surface area contributed by atoms with Gasteiger partial charge in [0.25, 0.3) is 0 Å². The Kier molecular flexibility index (Phi) is 4.01. The van der Waals surface area contributed by atoms with Crippen molar-refractivity contribution in [2.75, 3.05) is 12.2 Å². The van der Waals surface area contributed by atoms with E-state index >= 15 is 0 Å². The van der Waals surface area contributed by atoms with Gasteiger partial charge in [0, 0.05) is 10.4 Å². The van der Waals surface area contributed by atoms with Crippen molar-refractivity contribution in [1.29, 1.82) is 0 Å². The summed E-state index contributed by atoms with van der Waals surface area (Å²) in [5.74, 6) is 0.865. The molecule has 0 N–H and O–H groups in total. The molecule has 2 heterocycles. The fourth-order valence-electron chi connectivity index (χ4n) is 3.74. The van der Waals surface area contributed by atoms with E-state index in [0.29, 0.717) is 6.04 Å². The van der Waals surface area contributed by atoms with Crippen LogP contribution in [0.2, 0.25) is 5.02 Å². The largest absolute Gasteiger partial charge is 0.497 e. The first-order chi connectivity index (χ1) is 12.0. The van der Waals surface area contributed by atoms with E-state index < -0.39 is 0 Å². The summed E-state index contributed by atoms with van der Waals surface area (Å²) in [6.07, 6.45) is 5.22. The third-order valence-corrected chi connectivity index (χ3v) is 5.76. The number of methoxy groups -OCH3 is 1. The molecule has 2 unspecified atom stereocenters. The molecular formula is C21H22ClNO2. The van der Waals surface area contributed by atoms with Crippen LogP contribution in [0.25, 0.3) is 6.08 Å². The number of hydroxylamine groups is 1. The molecule has 1 saturated heterocycles. The standard InChI is InChI=1S/C21H22ClNO2/c1-21(2)19-13-16-17(22)5-4-6-18(16)23(19)25-20(21)12-9-14-7-10-15(24-3)11-8-14/h4-12,19-20H,13H2,1-3H3. The first kappa shape index (κ1) is 16.5. The van der Waals surface area contributed by atoms with Crippen molar-refractivity contribution < 1.29 is 9.57 Å². The maximum absolute atomic E-state index is 6.37. The van der Waals surface area contributed by atoms with Crippen LogP contribution in [-0.4, -0.2) is 19.3 Å². The van der Waals surface area contributed by atoms with Crippen LogP contribution in [0.3, 0.4) is 0 Å². The fraction of sp³-hybridized carbons (Fsp3) is 0.333. The van der Waals surface area contributed by atoms with Crippen LogP contribution < -0.4 is 9.80 Å². The number of hydrogen-bond acceptors (Lipinski definition) is 3. The van der Waals surface area contributed by atoms with E-state index in [1.54, 1.807) is 7.11 Å². The summed E-state index contributed by atoms with van der Waals surface area (Å²) in [7, 11) is 1.68. The molecule has 2 aliphatic heterocycles. The molecule has 1 fully saturated rings. The van der Waals surface area contributed by atoms with Gasteiger partial charge < -0.3 is 4.74 Å². The average molecular weight is 356 g/mol. The van der Waals surface area contributed by atoms with Crippen LogP contribution in [0.1, 0.15) is 25.0 Å². The van der Waals surface area contributed by atoms with E-state index in [9.17, 15) is 0 Å². The molecule has 0 saturated carbocycles. The zero-order valence-electron chi connectivity index (χ0n) is 14.7. The van der Waals surface area contributed by atoms with Crippen molar-refractivity contribution in [2.24, 2.45) is 5.41 Å². The Hall–Kier alpha value is -1.97. The Labute approximate surface area is 153 Å². The summed E-state index contributed by atoms with van der Waals surface area (Å²) in [5, 5.41) is 2.89. The SMILES string of the molecule is COc1ccc(C=CC2ON3c4cccc(Cl)c4CC3C2(C)C)cc1. The van der Waals surface area contributed by atoms with E-state index in [1.165, 1.54) is 5.56 Å². The Morgan fingerprint density at radius 2 is 1.96 bits per heavy atom. The highest BCUT2D eigenvalue weighted by atomic mass is 35.5. The third-order valence-electron chi connectivity index (χ3n) is 5.41. The number of nitrogens with zero attached hydrogens (tertiary/aromatic N) is 1. The Morgan fingerprint density at radius 1 is 1.20 bits per heavy atom. The lowest BCUT2D eigenvalue weighted by Crippen LogP contribution is -2.36. The van der Waals surface area contributed by atoms with E-state index in [-0.39, 0.29) is 11.5 Å². The van der Waals surface area contributed by atoms with Gasteiger partial charge >= 0.3 is 0 Å². The van der Waals surface area contributed by atoms with Crippen LogP contribution in [0.5, 0.6) is 5.75 Å². The predicted octanol–water partition coefficient (Wildman–Crippen LogP) is 5.13. The number of anilines is 1. The minimum atomic E-state index is -0.00861. The number of fused-ring (bicyclic) bond motifs is 3. The molecule has 2 aliphatic rings. The summed E-state index contributed by atoms with van der Waals surface area (Å²) in [6, 6.07) is 14.4. The van der Waals surface area contributed by atoms with Crippen molar-refractivity contribution in [1.82, 2.24) is 0 Å². The lowest BCUT2D eigenvalue weighted by Gasteiger charge is -2.26. The molecule has 0 aromatic heterocycles. The molecule has 2 atom stereocenters. The molecule has 25 heavy (non-hydrogen) atoms. The van der Waals surface area contributed by atoms with Gasteiger partial charge in [-0.05, 0) is 41.8 Å². The number of hydrogen-bond donors (Lipinski definition) is 0. The van der Waals surface area contributed by atoms with Crippen LogP contribution in [0.4, 0.5) is 5.69 Å². The Bertz CT molecular complexity index is 813. The second kappa shape index (κ2) is 6.08. The summed E-state index contributed by atoms with van der Waals surface area (Å²) in [5.41, 5.74) is 3.42. The molecule has 130 valence electrons. The van der Waals surface area contributed by atoms with Gasteiger partial charge in [0.1, 0.15) is 11.9 Å². The van der Waals surface area contributed by atoms with Gasteiger partial charge in [-0.15, -0.1) is 0 Å². The van der Waals surface area contributed by atoms with E-state index in [1.807, 2.05) is 36.4 Å². The summed E-state index contributed by atoms with van der Waals surface area (Å²) in [4.78, 5) is 6.31. The molecule has 4 rings (SSSR count). The minimum absolute atomic E-state index is 0.00861. The molecule has 3 nitrogen and oxygen atoms in total. The number of benzene rings is 2. The molecule has 0 aliphatic carbocycles. The van der Waals surface area contributed by atoms with Crippen LogP contribution in [-0.2, 0) is 11.3 Å². The second-order valence-corrected chi connectivity index (χ2v) is 7.67. The maximum Gasteiger partial charge on any atom is 0.118 e. The topological polar surface area (TPSA) is 21.7 Å². The Balaban J connectivity index is 1.57. The van der Waals surface area contributed by atoms with Gasteiger partial charge in [0.15, 0.2) is 0 Å². The molecule has 0 radical (unpaired) electrons. The Morgan fingerprint density at radius 3 is 2.68 bits per heavy atom. The lowest BCUT2D eigenvalue weighted by molar-refractivity contribution is 0.0849. The quantitative estimate of drug-likeness (QED) is 0.761. The van der Waals surface area contributed by atoms with Gasteiger partial charge in [-0.2, -0.15) is 0 Å². The van der Waals surface area contributed by atoms with Crippen LogP contribution in [0, 0.1) is 5.41 Å². The zero-order chi connectivity index (χ0) is 17.6. The highest BCUT2D eigenvalue weighted by Gasteiger charge is 2.52. The molecule has 4 heteroatoms. The highest BCUT2D eigenvalue weighted by Crippen LogP contribution is 2.50. The van der Waals surface area contributed by atoms with Gasteiger partial charge in [0.2, 0.25) is 0 Å². The van der Waals surface area contributed by atoms with Crippen molar-refractivity contribution >= 4 is 23.4 Å². The van der Waals surface area contributed by atoms with Crippen molar-refractivity contribution in [3.63, 3.8) is 0 Å². The number of ether oxygens (including phenoxy) is 1. The summed E-state index contributed by atoms with van der Waals surface area (Å²) >= 11 is 6.37. The number of rotatable bonds is 3. The third kappa shape index (κ3) is 2.72. The molecule has 0 spiro atoms. The number of halogens is 1. The van der Waals surface area contributed by atoms with E-state index in [2.05, 4.69) is 37.1 Å². The fourth-order valence-corrected chi connectivity index (χ4v) is 3.99. The summed E-state index contributed by atoms with van der Waals surface area (Å²) in [6.45, 7) is 4.53. The van der Waals surface area contributed by atoms with Gasteiger partial charge in [-0.3, -0.25) is 4.84 Å². The van der Waals surface area contributed by atoms with E-state index in [4.69, 9.17) is 21.2 Å². The molecule has 0 bridgehead atoms. The predicted molar refractivity (Wildman–Crippen MR) is 102 cm³/mol. The monoisotopic (exact) mass is 355 g/mol. The normalized spacial score (nSPS) is 23.8. The summed E-state index contributed by atoms with van der Waals surface area (Å²) < 4.78 is 5.21. The van der Waals surface area contributed by atoms with Gasteiger partial charge in [0.05, 0.1) is 18.8 Å². The van der Waals surface area contributed by atoms with E-state index in [0.717, 1.165) is 28.4 Å². The average Bonchev–Trinajstić information content (AvgIpc) is 3.10. The van der Waals surface area contributed by atoms with Gasteiger partial charge in [-0.1, -0.05) is 55.8 Å².